The highest BCUT2D eigenvalue weighted by molar-refractivity contribution is 5.95. The van der Waals surface area contributed by atoms with Crippen LogP contribution in [-0.4, -0.2) is 42.1 Å². The number of nitrogens with zero attached hydrogens (tertiary/aromatic N) is 1. The van der Waals surface area contributed by atoms with Crippen LogP contribution < -0.4 is 0 Å². The summed E-state index contributed by atoms with van der Waals surface area (Å²) in [4.78, 5) is 16.8. The SMILES string of the molecule is Cc1[nH]ccc1C(=O)N1CCOCC1. The van der Waals surface area contributed by atoms with E-state index in [-0.39, 0.29) is 5.91 Å². The van der Waals surface area contributed by atoms with Crippen molar-refractivity contribution in [1.82, 2.24) is 9.88 Å². The molecule has 76 valence electrons. The molecule has 1 amide bonds. The average Bonchev–Trinajstić information content (AvgIpc) is 2.65. The minimum atomic E-state index is 0.104. The number of H-pyrrole nitrogens is 1. The number of amides is 1. The topological polar surface area (TPSA) is 45.3 Å². The van der Waals surface area contributed by atoms with Gasteiger partial charge in [-0.05, 0) is 13.0 Å². The van der Waals surface area contributed by atoms with Crippen molar-refractivity contribution in [1.29, 1.82) is 0 Å². The Kier molecular flexibility index (Phi) is 2.54. The third-order valence-electron chi connectivity index (χ3n) is 2.48. The molecule has 14 heavy (non-hydrogen) atoms. The molecule has 0 unspecified atom stereocenters. The Hall–Kier alpha value is -1.29. The second kappa shape index (κ2) is 3.84. The number of rotatable bonds is 1. The van der Waals surface area contributed by atoms with Crippen LogP contribution in [0.15, 0.2) is 12.3 Å². The van der Waals surface area contributed by atoms with Crippen molar-refractivity contribution in [3.63, 3.8) is 0 Å². The average molecular weight is 194 g/mol. The second-order valence-electron chi connectivity index (χ2n) is 3.42. The monoisotopic (exact) mass is 194 g/mol. The fourth-order valence-corrected chi connectivity index (χ4v) is 1.62. The Bertz CT molecular complexity index is 327. The molecular weight excluding hydrogens is 180 g/mol. The summed E-state index contributed by atoms with van der Waals surface area (Å²) < 4.78 is 5.20. The Labute approximate surface area is 82.9 Å². The van der Waals surface area contributed by atoms with Crippen molar-refractivity contribution in [3.05, 3.63) is 23.5 Å². The zero-order chi connectivity index (χ0) is 9.97. The summed E-state index contributed by atoms with van der Waals surface area (Å²) in [6.07, 6.45) is 1.79. The van der Waals surface area contributed by atoms with Crippen LogP contribution in [0.5, 0.6) is 0 Å². The van der Waals surface area contributed by atoms with Gasteiger partial charge in [0.1, 0.15) is 0 Å². The molecule has 1 N–H and O–H groups in total. The van der Waals surface area contributed by atoms with Gasteiger partial charge in [0.15, 0.2) is 0 Å². The smallest absolute Gasteiger partial charge is 0.255 e. The first-order chi connectivity index (χ1) is 6.79. The maximum Gasteiger partial charge on any atom is 0.255 e. The van der Waals surface area contributed by atoms with Crippen LogP contribution in [0.25, 0.3) is 0 Å². The molecule has 0 radical (unpaired) electrons. The van der Waals surface area contributed by atoms with Crippen molar-refractivity contribution in [3.8, 4) is 0 Å². The van der Waals surface area contributed by atoms with Gasteiger partial charge in [0.2, 0.25) is 0 Å². The molecule has 1 aliphatic heterocycles. The van der Waals surface area contributed by atoms with Gasteiger partial charge in [0, 0.05) is 25.0 Å². The van der Waals surface area contributed by atoms with Crippen LogP contribution in [0.2, 0.25) is 0 Å². The standard InChI is InChI=1S/C10H14N2O2/c1-8-9(2-3-11-8)10(13)12-4-6-14-7-5-12/h2-3,11H,4-7H2,1H3. The minimum Gasteiger partial charge on any atom is -0.378 e. The van der Waals surface area contributed by atoms with Gasteiger partial charge in [-0.25, -0.2) is 0 Å². The Morgan fingerprint density at radius 1 is 1.50 bits per heavy atom. The molecule has 1 aliphatic rings. The van der Waals surface area contributed by atoms with Crippen LogP contribution >= 0.6 is 0 Å². The minimum absolute atomic E-state index is 0.104. The second-order valence-corrected chi connectivity index (χ2v) is 3.42. The number of morpholine rings is 1. The lowest BCUT2D eigenvalue weighted by atomic mass is 10.2. The summed E-state index contributed by atoms with van der Waals surface area (Å²) in [6.45, 7) is 4.60. The highest BCUT2D eigenvalue weighted by atomic mass is 16.5. The molecule has 0 atom stereocenters. The summed E-state index contributed by atoms with van der Waals surface area (Å²) in [6, 6.07) is 1.83. The van der Waals surface area contributed by atoms with Crippen LogP contribution in [0, 0.1) is 6.92 Å². The quantitative estimate of drug-likeness (QED) is 0.718. The summed E-state index contributed by atoms with van der Waals surface area (Å²) in [5, 5.41) is 0. The zero-order valence-corrected chi connectivity index (χ0v) is 8.25. The number of aryl methyl sites for hydroxylation is 1. The van der Waals surface area contributed by atoms with E-state index in [0.29, 0.717) is 26.3 Å². The van der Waals surface area contributed by atoms with E-state index in [0.717, 1.165) is 11.3 Å². The Morgan fingerprint density at radius 2 is 2.21 bits per heavy atom. The van der Waals surface area contributed by atoms with Gasteiger partial charge in [-0.1, -0.05) is 0 Å². The number of ether oxygens (including phenoxy) is 1. The molecule has 0 bridgehead atoms. The third kappa shape index (κ3) is 1.65. The van der Waals surface area contributed by atoms with Crippen molar-refractivity contribution < 1.29 is 9.53 Å². The van der Waals surface area contributed by atoms with Crippen LogP contribution in [0.3, 0.4) is 0 Å². The first-order valence-electron chi connectivity index (χ1n) is 4.80. The van der Waals surface area contributed by atoms with Crippen LogP contribution in [0.1, 0.15) is 16.1 Å². The molecular formula is C10H14N2O2. The van der Waals surface area contributed by atoms with E-state index in [1.165, 1.54) is 0 Å². The van der Waals surface area contributed by atoms with Gasteiger partial charge in [0.05, 0.1) is 18.8 Å². The summed E-state index contributed by atoms with van der Waals surface area (Å²) in [5.74, 6) is 0.104. The van der Waals surface area contributed by atoms with E-state index >= 15 is 0 Å². The van der Waals surface area contributed by atoms with E-state index in [9.17, 15) is 4.79 Å². The fraction of sp³-hybridized carbons (Fsp3) is 0.500. The molecule has 0 aromatic carbocycles. The third-order valence-corrected chi connectivity index (χ3v) is 2.48. The highest BCUT2D eigenvalue weighted by Gasteiger charge is 2.19. The summed E-state index contributed by atoms with van der Waals surface area (Å²) >= 11 is 0. The number of aromatic nitrogens is 1. The summed E-state index contributed by atoms with van der Waals surface area (Å²) in [7, 11) is 0. The molecule has 4 heteroatoms. The molecule has 0 saturated carbocycles. The van der Waals surface area contributed by atoms with E-state index < -0.39 is 0 Å². The van der Waals surface area contributed by atoms with E-state index in [1.807, 2.05) is 17.9 Å². The molecule has 4 nitrogen and oxygen atoms in total. The normalized spacial score (nSPS) is 17.1. The Balaban J connectivity index is 2.11. The van der Waals surface area contributed by atoms with Crippen molar-refractivity contribution in [2.75, 3.05) is 26.3 Å². The van der Waals surface area contributed by atoms with Crippen molar-refractivity contribution in [2.24, 2.45) is 0 Å². The van der Waals surface area contributed by atoms with Gasteiger partial charge in [0.25, 0.3) is 5.91 Å². The molecule has 1 saturated heterocycles. The highest BCUT2D eigenvalue weighted by Crippen LogP contribution is 2.10. The first kappa shape index (κ1) is 9.27. The van der Waals surface area contributed by atoms with Gasteiger partial charge in [-0.2, -0.15) is 0 Å². The number of hydrogen-bond acceptors (Lipinski definition) is 2. The van der Waals surface area contributed by atoms with E-state index in [2.05, 4.69) is 4.98 Å². The van der Waals surface area contributed by atoms with Crippen molar-refractivity contribution >= 4 is 5.91 Å². The number of carbonyl (C=O) groups excluding carboxylic acids is 1. The number of nitrogens with one attached hydrogen (secondary N) is 1. The molecule has 0 spiro atoms. The van der Waals surface area contributed by atoms with Gasteiger partial charge in [-0.15, -0.1) is 0 Å². The Morgan fingerprint density at radius 3 is 2.79 bits per heavy atom. The molecule has 1 aromatic heterocycles. The lowest BCUT2D eigenvalue weighted by Gasteiger charge is -2.26. The first-order valence-corrected chi connectivity index (χ1v) is 4.80. The van der Waals surface area contributed by atoms with Crippen molar-refractivity contribution in [2.45, 2.75) is 6.92 Å². The predicted molar refractivity (Wildman–Crippen MR) is 52.3 cm³/mol. The lowest BCUT2D eigenvalue weighted by molar-refractivity contribution is 0.0302. The maximum atomic E-state index is 11.9. The molecule has 2 heterocycles. The maximum absolute atomic E-state index is 11.9. The molecule has 0 aliphatic carbocycles. The zero-order valence-electron chi connectivity index (χ0n) is 8.25. The predicted octanol–water partition coefficient (Wildman–Crippen LogP) is 0.796. The number of carbonyl (C=O) groups is 1. The largest absolute Gasteiger partial charge is 0.378 e. The van der Waals surface area contributed by atoms with E-state index in [4.69, 9.17) is 4.74 Å². The molecule has 2 rings (SSSR count). The lowest BCUT2D eigenvalue weighted by Crippen LogP contribution is -2.40. The van der Waals surface area contributed by atoms with Gasteiger partial charge in [-0.3, -0.25) is 4.79 Å². The van der Waals surface area contributed by atoms with Gasteiger partial charge < -0.3 is 14.6 Å². The van der Waals surface area contributed by atoms with Crippen LogP contribution in [0.4, 0.5) is 0 Å². The number of aromatic amines is 1. The molecule has 1 aromatic rings. The van der Waals surface area contributed by atoms with E-state index in [1.54, 1.807) is 6.20 Å². The van der Waals surface area contributed by atoms with Crippen LogP contribution in [-0.2, 0) is 4.74 Å². The molecule has 1 fully saturated rings. The summed E-state index contributed by atoms with van der Waals surface area (Å²) in [5.41, 5.74) is 1.70. The van der Waals surface area contributed by atoms with Gasteiger partial charge >= 0.3 is 0 Å². The fourth-order valence-electron chi connectivity index (χ4n) is 1.62. The number of hydrogen-bond donors (Lipinski definition) is 1.